The van der Waals surface area contributed by atoms with Crippen LogP contribution in [-0.4, -0.2) is 31.9 Å². The Balaban J connectivity index is 1.73. The van der Waals surface area contributed by atoms with Gasteiger partial charge < -0.3 is 5.32 Å². The Kier molecular flexibility index (Phi) is 4.23. The highest BCUT2D eigenvalue weighted by Gasteiger charge is 2.15. The van der Waals surface area contributed by atoms with Gasteiger partial charge in [0, 0.05) is 30.6 Å². The molecule has 0 bridgehead atoms. The summed E-state index contributed by atoms with van der Waals surface area (Å²) in [6.07, 6.45) is 4.19. The van der Waals surface area contributed by atoms with Crippen LogP contribution in [-0.2, 0) is 6.42 Å². The topological polar surface area (TPSA) is 75.6 Å². The van der Waals surface area contributed by atoms with Gasteiger partial charge in [0.1, 0.15) is 0 Å². The number of carbonyl (C=O) groups excluding carboxylic acids is 1. The first-order valence-corrected chi connectivity index (χ1v) is 7.54. The summed E-state index contributed by atoms with van der Waals surface area (Å²) in [5, 5.41) is 14.3. The average Bonchev–Trinajstić information content (AvgIpc) is 3.19. The van der Waals surface area contributed by atoms with Crippen molar-refractivity contribution in [1.82, 2.24) is 25.3 Å². The molecule has 6 nitrogen and oxygen atoms in total. The van der Waals surface area contributed by atoms with Crippen LogP contribution in [0.2, 0.25) is 0 Å². The van der Waals surface area contributed by atoms with Gasteiger partial charge in [0.15, 0.2) is 0 Å². The number of H-pyrrole nitrogens is 1. The van der Waals surface area contributed by atoms with Crippen molar-refractivity contribution in [1.29, 1.82) is 0 Å². The first kappa shape index (κ1) is 15.0. The minimum absolute atomic E-state index is 0.0177. The van der Waals surface area contributed by atoms with E-state index in [1.807, 2.05) is 50.4 Å². The van der Waals surface area contributed by atoms with E-state index < -0.39 is 0 Å². The fraction of sp³-hybridized carbons (Fsp3) is 0.235. The van der Waals surface area contributed by atoms with Crippen molar-refractivity contribution in [3.63, 3.8) is 0 Å². The number of aromatic amines is 1. The molecule has 0 saturated carbocycles. The van der Waals surface area contributed by atoms with Crippen molar-refractivity contribution in [2.45, 2.75) is 26.3 Å². The number of hydrogen-bond donors (Lipinski definition) is 2. The number of aryl methyl sites for hydroxylation is 1. The summed E-state index contributed by atoms with van der Waals surface area (Å²) in [7, 11) is 0. The molecule has 2 aromatic heterocycles. The molecule has 3 aromatic rings. The Hall–Kier alpha value is -2.89. The van der Waals surface area contributed by atoms with E-state index in [4.69, 9.17) is 0 Å². The number of aromatic nitrogens is 4. The van der Waals surface area contributed by atoms with Crippen molar-refractivity contribution in [3.05, 3.63) is 65.7 Å². The molecular weight excluding hydrogens is 290 g/mol. The molecule has 1 aromatic carbocycles. The molecule has 0 aliphatic carbocycles. The third-order valence-corrected chi connectivity index (χ3v) is 3.55. The molecule has 0 aliphatic heterocycles. The maximum atomic E-state index is 12.6. The van der Waals surface area contributed by atoms with Crippen LogP contribution < -0.4 is 5.32 Å². The molecule has 0 saturated heterocycles. The van der Waals surface area contributed by atoms with E-state index in [-0.39, 0.29) is 11.9 Å². The van der Waals surface area contributed by atoms with Crippen molar-refractivity contribution >= 4 is 5.91 Å². The predicted molar refractivity (Wildman–Crippen MR) is 87.5 cm³/mol. The third kappa shape index (κ3) is 3.48. The summed E-state index contributed by atoms with van der Waals surface area (Å²) < 4.78 is 1.69. The lowest BCUT2D eigenvalue weighted by Gasteiger charge is -2.14. The number of benzene rings is 1. The molecule has 0 radical (unpaired) electrons. The molecule has 118 valence electrons. The van der Waals surface area contributed by atoms with Gasteiger partial charge in [-0.25, -0.2) is 4.68 Å². The monoisotopic (exact) mass is 309 g/mol. The molecule has 1 amide bonds. The molecule has 3 rings (SSSR count). The maximum absolute atomic E-state index is 12.6. The number of rotatable bonds is 5. The van der Waals surface area contributed by atoms with E-state index in [1.54, 1.807) is 16.9 Å². The van der Waals surface area contributed by atoms with Crippen molar-refractivity contribution in [3.8, 4) is 5.69 Å². The second-order valence-electron chi connectivity index (χ2n) is 5.59. The number of amides is 1. The highest BCUT2D eigenvalue weighted by Crippen LogP contribution is 2.14. The van der Waals surface area contributed by atoms with Crippen molar-refractivity contribution < 1.29 is 4.79 Å². The Morgan fingerprint density at radius 2 is 2.17 bits per heavy atom. The Morgan fingerprint density at radius 3 is 2.87 bits per heavy atom. The summed E-state index contributed by atoms with van der Waals surface area (Å²) in [5.41, 5.74) is 3.32. The molecule has 1 unspecified atom stereocenters. The Bertz CT molecular complexity index is 791. The molecule has 1 atom stereocenters. The van der Waals surface area contributed by atoms with Crippen LogP contribution >= 0.6 is 0 Å². The van der Waals surface area contributed by atoms with Crippen LogP contribution in [0.4, 0.5) is 0 Å². The highest BCUT2D eigenvalue weighted by atomic mass is 16.1. The molecular formula is C17H19N5O. The normalized spacial score (nSPS) is 12.1. The smallest absolute Gasteiger partial charge is 0.253 e. The predicted octanol–water partition coefficient (Wildman–Crippen LogP) is 2.26. The van der Waals surface area contributed by atoms with Crippen LogP contribution in [0.1, 0.15) is 28.7 Å². The van der Waals surface area contributed by atoms with Crippen molar-refractivity contribution in [2.24, 2.45) is 0 Å². The lowest BCUT2D eigenvalue weighted by molar-refractivity contribution is 0.0940. The summed E-state index contributed by atoms with van der Waals surface area (Å²) in [6.45, 7) is 3.93. The molecule has 2 heterocycles. The molecule has 0 aliphatic rings. The SMILES string of the molecule is Cc1cc(CC(C)NC(=O)c2ccccc2-n2cccn2)n[nH]1. The quantitative estimate of drug-likeness (QED) is 0.759. The zero-order chi connectivity index (χ0) is 16.2. The Morgan fingerprint density at radius 1 is 1.35 bits per heavy atom. The standard InChI is InChI=1S/C17H19N5O/c1-12(10-14-11-13(2)20-21-14)19-17(23)15-6-3-4-7-16(15)22-9-5-8-18-22/h3-9,11-12H,10H2,1-2H3,(H,19,23)(H,20,21). The van der Waals surface area contributed by atoms with E-state index >= 15 is 0 Å². The van der Waals surface area contributed by atoms with Gasteiger partial charge in [0.25, 0.3) is 5.91 Å². The average molecular weight is 309 g/mol. The van der Waals surface area contributed by atoms with Crippen LogP contribution in [0, 0.1) is 6.92 Å². The lowest BCUT2D eigenvalue weighted by Crippen LogP contribution is -2.34. The van der Waals surface area contributed by atoms with E-state index in [0.717, 1.165) is 17.1 Å². The van der Waals surface area contributed by atoms with Gasteiger partial charge in [0.2, 0.25) is 0 Å². The van der Waals surface area contributed by atoms with Crippen LogP contribution in [0.25, 0.3) is 5.69 Å². The van der Waals surface area contributed by atoms with Crippen LogP contribution in [0.3, 0.4) is 0 Å². The second-order valence-corrected chi connectivity index (χ2v) is 5.59. The summed E-state index contributed by atoms with van der Waals surface area (Å²) in [4.78, 5) is 12.6. The minimum atomic E-state index is -0.115. The van der Waals surface area contributed by atoms with Gasteiger partial charge in [-0.05, 0) is 38.1 Å². The van der Waals surface area contributed by atoms with Crippen molar-refractivity contribution in [2.75, 3.05) is 0 Å². The summed E-state index contributed by atoms with van der Waals surface area (Å²) in [5.74, 6) is -0.115. The highest BCUT2D eigenvalue weighted by molar-refractivity contribution is 5.97. The number of nitrogens with one attached hydrogen (secondary N) is 2. The van der Waals surface area contributed by atoms with Gasteiger partial charge in [-0.1, -0.05) is 12.1 Å². The molecule has 0 fully saturated rings. The summed E-state index contributed by atoms with van der Waals surface area (Å²) >= 11 is 0. The number of nitrogens with zero attached hydrogens (tertiary/aromatic N) is 3. The zero-order valence-corrected chi connectivity index (χ0v) is 13.2. The maximum Gasteiger partial charge on any atom is 0.253 e. The van der Waals surface area contributed by atoms with E-state index in [1.165, 1.54) is 0 Å². The first-order valence-electron chi connectivity index (χ1n) is 7.54. The minimum Gasteiger partial charge on any atom is -0.349 e. The molecule has 23 heavy (non-hydrogen) atoms. The fourth-order valence-electron chi connectivity index (χ4n) is 2.52. The molecule has 0 spiro atoms. The van der Waals surface area contributed by atoms with Gasteiger partial charge in [-0.15, -0.1) is 0 Å². The van der Waals surface area contributed by atoms with Gasteiger partial charge in [-0.2, -0.15) is 10.2 Å². The zero-order valence-electron chi connectivity index (χ0n) is 13.2. The summed E-state index contributed by atoms with van der Waals surface area (Å²) in [6, 6.07) is 11.2. The van der Waals surface area contributed by atoms with E-state index in [9.17, 15) is 4.79 Å². The van der Waals surface area contributed by atoms with Crippen LogP contribution in [0.5, 0.6) is 0 Å². The van der Waals surface area contributed by atoms with Crippen LogP contribution in [0.15, 0.2) is 48.8 Å². The number of hydrogen-bond acceptors (Lipinski definition) is 3. The third-order valence-electron chi connectivity index (χ3n) is 3.55. The number of para-hydroxylation sites is 1. The fourth-order valence-corrected chi connectivity index (χ4v) is 2.52. The number of carbonyl (C=O) groups is 1. The molecule has 2 N–H and O–H groups in total. The lowest BCUT2D eigenvalue weighted by atomic mass is 10.1. The van der Waals surface area contributed by atoms with Gasteiger partial charge in [0.05, 0.1) is 16.9 Å². The van der Waals surface area contributed by atoms with E-state index in [0.29, 0.717) is 12.0 Å². The largest absolute Gasteiger partial charge is 0.349 e. The molecule has 6 heteroatoms. The second kappa shape index (κ2) is 6.48. The first-order chi connectivity index (χ1) is 11.1. The van der Waals surface area contributed by atoms with Gasteiger partial charge in [-0.3, -0.25) is 9.89 Å². The van der Waals surface area contributed by atoms with Gasteiger partial charge >= 0.3 is 0 Å². The van der Waals surface area contributed by atoms with E-state index in [2.05, 4.69) is 20.6 Å². The Labute approximate surface area is 134 Å².